The predicted octanol–water partition coefficient (Wildman–Crippen LogP) is 17.4. The van der Waals surface area contributed by atoms with Crippen LogP contribution in [0.25, 0.3) is 70.8 Å². The molecule has 0 saturated carbocycles. The van der Waals surface area contributed by atoms with Gasteiger partial charge in [-0.15, -0.1) is 0 Å². The van der Waals surface area contributed by atoms with Gasteiger partial charge in [0.05, 0.1) is 44.7 Å². The van der Waals surface area contributed by atoms with Crippen molar-refractivity contribution in [2.75, 3.05) is 9.80 Å². The number of anilines is 6. The van der Waals surface area contributed by atoms with Crippen molar-refractivity contribution >= 4 is 105 Å². The third-order valence-corrected chi connectivity index (χ3v) is 12.5. The summed E-state index contributed by atoms with van der Waals surface area (Å²) in [5.74, 6) is -3.51. The molecular weight excluding hydrogens is 897 g/mol. The zero-order valence-electron chi connectivity index (χ0n) is 34.6. The van der Waals surface area contributed by atoms with Crippen molar-refractivity contribution in [1.29, 1.82) is 0 Å². The van der Waals surface area contributed by atoms with Gasteiger partial charge in [-0.2, -0.15) is 26.3 Å². The number of alkyl halides is 6. The van der Waals surface area contributed by atoms with E-state index in [-0.39, 0.29) is 22.7 Å². The molecule has 14 heteroatoms. The quantitative estimate of drug-likeness (QED) is 0.155. The minimum atomic E-state index is -4.62. The van der Waals surface area contributed by atoms with Gasteiger partial charge in [0, 0.05) is 73.0 Å². The molecule has 9 aromatic carbocycles. The van der Waals surface area contributed by atoms with E-state index >= 15 is 4.39 Å². The van der Waals surface area contributed by atoms with Crippen molar-refractivity contribution in [2.45, 2.75) is 12.4 Å². The smallest absolute Gasteiger partial charge is 0.416 e. The maximum atomic E-state index is 15.9. The van der Waals surface area contributed by atoms with Crippen molar-refractivity contribution in [2.24, 2.45) is 0 Å². The summed E-state index contributed by atoms with van der Waals surface area (Å²) in [5, 5.41) is 6.04. The second kappa shape index (κ2) is 14.6. The lowest BCUT2D eigenvalue weighted by molar-refractivity contribution is -0.138. The second-order valence-corrected chi connectivity index (χ2v) is 16.5. The molecule has 0 radical (unpaired) electrons. The van der Waals surface area contributed by atoms with Crippen LogP contribution in [0.15, 0.2) is 168 Å². The number of halogens is 10. The van der Waals surface area contributed by atoms with Crippen LogP contribution in [-0.4, -0.2) is 4.40 Å². The highest BCUT2D eigenvalue weighted by atomic mass is 19.4. The first-order valence-corrected chi connectivity index (χ1v) is 21.0. The van der Waals surface area contributed by atoms with Crippen molar-refractivity contribution in [3.8, 4) is 0 Å². The van der Waals surface area contributed by atoms with Crippen LogP contribution in [0, 0.1) is 23.3 Å². The van der Waals surface area contributed by atoms with Crippen LogP contribution in [0.4, 0.5) is 78.0 Å². The summed E-state index contributed by atoms with van der Waals surface area (Å²) in [6.07, 6.45) is -9.23. The highest BCUT2D eigenvalue weighted by Crippen LogP contribution is 2.50. The van der Waals surface area contributed by atoms with E-state index in [9.17, 15) is 39.5 Å². The van der Waals surface area contributed by atoms with E-state index in [1.54, 1.807) is 24.3 Å². The summed E-state index contributed by atoms with van der Waals surface area (Å²) in [6, 6.07) is 38.7. The fraction of sp³-hybridized carbons (Fsp3) is 0.0370. The van der Waals surface area contributed by atoms with Gasteiger partial charge in [0.2, 0.25) is 0 Å². The van der Waals surface area contributed by atoms with Crippen molar-refractivity contribution < 1.29 is 48.3 Å². The maximum absolute atomic E-state index is 15.9. The SMILES string of the molecule is Fc1cc(F)cc(N(c2ccc(C(F)(F)F)cc2)c2ccc3c(c2)oc2c4cc5c6ccc(N(c7ccc(C(F)(F)F)cc7)c7ccc(F)cc7F)c7c8ccccc8n(c5cc4ccc32)c67)c1. The molecule has 3 heterocycles. The lowest BCUT2D eigenvalue weighted by Gasteiger charge is -2.27. The fourth-order valence-corrected chi connectivity index (χ4v) is 9.64. The molecule has 0 N–H and O–H groups in total. The van der Waals surface area contributed by atoms with Gasteiger partial charge in [-0.1, -0.05) is 30.3 Å². The number of nitrogens with zero attached hydrogens (tertiary/aromatic N) is 3. The standard InChI is InChI=1S/C54H27F10N3O/c55-31-10-19-46(44(58)25-31)66(35-13-8-30(9-14-35)54(62,63)64)47-20-18-39-43-27-42-28(21-48(43)67-45-4-2-1-3-41(45)50(47)51(39)67)5-16-40-38-17-15-36(26-49(38)68-52(40)42)65(37-23-32(56)22-33(57)24-37)34-11-6-29(7-12-34)53(59,60)61/h1-27H. The Labute approximate surface area is 377 Å². The third-order valence-electron chi connectivity index (χ3n) is 12.5. The average molecular weight is 924 g/mol. The Balaban J connectivity index is 1.06. The monoisotopic (exact) mass is 923 g/mol. The normalized spacial score (nSPS) is 12.6. The van der Waals surface area contributed by atoms with Crippen molar-refractivity contribution in [1.82, 2.24) is 4.40 Å². The zero-order valence-corrected chi connectivity index (χ0v) is 34.6. The molecule has 12 rings (SSSR count). The minimum Gasteiger partial charge on any atom is -0.455 e. The minimum absolute atomic E-state index is 0.0257. The van der Waals surface area contributed by atoms with Crippen LogP contribution in [0.5, 0.6) is 0 Å². The first-order chi connectivity index (χ1) is 32.6. The summed E-state index contributed by atoms with van der Waals surface area (Å²) >= 11 is 0. The fourth-order valence-electron chi connectivity index (χ4n) is 9.64. The molecule has 0 saturated heterocycles. The number of hydrogen-bond donors (Lipinski definition) is 0. The zero-order chi connectivity index (χ0) is 47.0. The molecule has 0 aliphatic rings. The number of aromatic nitrogens is 1. The van der Waals surface area contributed by atoms with E-state index in [0.717, 1.165) is 97.4 Å². The van der Waals surface area contributed by atoms with E-state index in [1.165, 1.54) is 40.1 Å². The van der Waals surface area contributed by atoms with Crippen LogP contribution < -0.4 is 9.80 Å². The summed E-state index contributed by atoms with van der Waals surface area (Å²) in [5.41, 5.74) is 2.63. The predicted molar refractivity (Wildman–Crippen MR) is 245 cm³/mol. The number of para-hydroxylation sites is 1. The van der Waals surface area contributed by atoms with Crippen molar-refractivity contribution in [3.05, 3.63) is 198 Å². The highest BCUT2D eigenvalue weighted by molar-refractivity contribution is 6.29. The van der Waals surface area contributed by atoms with Crippen LogP contribution in [0.1, 0.15) is 11.1 Å². The van der Waals surface area contributed by atoms with Gasteiger partial charge in [-0.3, -0.25) is 0 Å². The Kier molecular flexibility index (Phi) is 8.86. The largest absolute Gasteiger partial charge is 0.455 e. The molecule has 4 nitrogen and oxygen atoms in total. The number of fused-ring (bicyclic) bond motifs is 11. The summed E-state index contributed by atoms with van der Waals surface area (Å²) in [7, 11) is 0. The number of rotatable bonds is 6. The number of hydrogen-bond acceptors (Lipinski definition) is 3. The molecule has 3 aromatic heterocycles. The summed E-state index contributed by atoms with van der Waals surface area (Å²) in [4.78, 5) is 2.92. The number of benzene rings is 9. The molecule has 12 aromatic rings. The van der Waals surface area contributed by atoms with Gasteiger partial charge in [-0.05, 0) is 121 Å². The Bertz CT molecular complexity index is 3980. The lowest BCUT2D eigenvalue weighted by atomic mass is 10.0. The van der Waals surface area contributed by atoms with E-state index in [1.807, 2.05) is 54.6 Å². The van der Waals surface area contributed by atoms with Gasteiger partial charge in [0.25, 0.3) is 0 Å². The topological polar surface area (TPSA) is 24.0 Å². The molecule has 0 unspecified atom stereocenters. The average Bonchev–Trinajstić information content (AvgIpc) is 3.96. The van der Waals surface area contributed by atoms with Crippen LogP contribution in [-0.2, 0) is 12.4 Å². The third kappa shape index (κ3) is 6.38. The van der Waals surface area contributed by atoms with Gasteiger partial charge in [-0.25, -0.2) is 17.6 Å². The lowest BCUT2D eigenvalue weighted by Crippen LogP contribution is -2.13. The molecule has 0 fully saturated rings. The van der Waals surface area contributed by atoms with E-state index in [4.69, 9.17) is 4.42 Å². The van der Waals surface area contributed by atoms with Crippen LogP contribution in [0.2, 0.25) is 0 Å². The van der Waals surface area contributed by atoms with Crippen LogP contribution in [0.3, 0.4) is 0 Å². The summed E-state index contributed by atoms with van der Waals surface area (Å²) in [6.45, 7) is 0. The van der Waals surface area contributed by atoms with Crippen molar-refractivity contribution in [3.63, 3.8) is 0 Å². The first-order valence-electron chi connectivity index (χ1n) is 21.0. The number of furan rings is 1. The Hall–Kier alpha value is -8.26. The van der Waals surface area contributed by atoms with Gasteiger partial charge in [0.1, 0.15) is 34.4 Å². The molecule has 0 aliphatic carbocycles. The molecule has 0 bridgehead atoms. The molecule has 0 atom stereocenters. The first kappa shape index (κ1) is 41.2. The molecule has 0 aliphatic heterocycles. The van der Waals surface area contributed by atoms with Gasteiger partial charge >= 0.3 is 12.4 Å². The second-order valence-electron chi connectivity index (χ2n) is 16.5. The molecule has 0 amide bonds. The molecule has 334 valence electrons. The van der Waals surface area contributed by atoms with E-state index < -0.39 is 46.7 Å². The molecule has 0 spiro atoms. The van der Waals surface area contributed by atoms with Gasteiger partial charge < -0.3 is 18.6 Å². The Morgan fingerprint density at radius 3 is 1.71 bits per heavy atom. The summed E-state index contributed by atoms with van der Waals surface area (Å²) < 4.78 is 150. The van der Waals surface area contributed by atoms with E-state index in [0.29, 0.717) is 39.4 Å². The Morgan fingerprint density at radius 2 is 1.03 bits per heavy atom. The Morgan fingerprint density at radius 1 is 0.412 bits per heavy atom. The van der Waals surface area contributed by atoms with Crippen LogP contribution >= 0.6 is 0 Å². The highest BCUT2D eigenvalue weighted by Gasteiger charge is 2.32. The molecule has 68 heavy (non-hydrogen) atoms. The maximum Gasteiger partial charge on any atom is 0.416 e. The van der Waals surface area contributed by atoms with E-state index in [2.05, 4.69) is 4.40 Å². The molecular formula is C54H27F10N3O. The van der Waals surface area contributed by atoms with Gasteiger partial charge in [0.15, 0.2) is 0 Å².